The Bertz CT molecular complexity index is 540. The van der Waals surface area contributed by atoms with Crippen molar-refractivity contribution in [2.75, 3.05) is 13.1 Å². The number of nitrogens with one attached hydrogen (secondary N) is 1. The molecule has 24 heavy (non-hydrogen) atoms. The maximum absolute atomic E-state index is 12.1. The van der Waals surface area contributed by atoms with Crippen molar-refractivity contribution in [1.29, 1.82) is 0 Å². The molecule has 1 aromatic carbocycles. The Morgan fingerprint density at radius 2 is 1.88 bits per heavy atom. The van der Waals surface area contributed by atoms with Crippen molar-refractivity contribution in [2.45, 2.75) is 45.4 Å². The molecule has 0 aliphatic carbocycles. The van der Waals surface area contributed by atoms with E-state index in [4.69, 9.17) is 10.5 Å². The number of hydrogen-bond donors (Lipinski definition) is 2. The first-order chi connectivity index (χ1) is 11.5. The van der Waals surface area contributed by atoms with Gasteiger partial charge in [-0.25, -0.2) is 4.79 Å². The van der Waals surface area contributed by atoms with Gasteiger partial charge >= 0.3 is 6.09 Å². The minimum absolute atomic E-state index is 0.0699. The lowest BCUT2D eigenvalue weighted by Gasteiger charge is -2.32. The van der Waals surface area contributed by atoms with Crippen molar-refractivity contribution >= 4 is 12.0 Å². The van der Waals surface area contributed by atoms with Crippen LogP contribution in [0.3, 0.4) is 0 Å². The van der Waals surface area contributed by atoms with Gasteiger partial charge in [-0.1, -0.05) is 44.2 Å². The van der Waals surface area contributed by atoms with Gasteiger partial charge < -0.3 is 20.7 Å². The predicted molar refractivity (Wildman–Crippen MR) is 92.2 cm³/mol. The summed E-state index contributed by atoms with van der Waals surface area (Å²) in [4.78, 5) is 25.8. The second-order valence-corrected chi connectivity index (χ2v) is 6.58. The quantitative estimate of drug-likeness (QED) is 0.862. The van der Waals surface area contributed by atoms with Crippen LogP contribution in [0.15, 0.2) is 30.3 Å². The summed E-state index contributed by atoms with van der Waals surface area (Å²) < 4.78 is 5.33. The number of hydrogen-bond acceptors (Lipinski definition) is 4. The second-order valence-electron chi connectivity index (χ2n) is 6.58. The summed E-state index contributed by atoms with van der Waals surface area (Å²) in [5.74, 6) is -0.00634. The van der Waals surface area contributed by atoms with Crippen LogP contribution in [0.1, 0.15) is 32.3 Å². The molecule has 2 rings (SSSR count). The Kier molecular flexibility index (Phi) is 6.61. The van der Waals surface area contributed by atoms with E-state index in [9.17, 15) is 9.59 Å². The monoisotopic (exact) mass is 333 g/mol. The van der Waals surface area contributed by atoms with Crippen molar-refractivity contribution < 1.29 is 14.3 Å². The molecule has 0 saturated carbocycles. The van der Waals surface area contributed by atoms with Crippen LogP contribution in [0, 0.1) is 5.92 Å². The first-order valence-electron chi connectivity index (χ1n) is 8.49. The number of nitrogens with zero attached hydrogens (tertiary/aromatic N) is 1. The van der Waals surface area contributed by atoms with Gasteiger partial charge in [0.05, 0.1) is 6.04 Å². The van der Waals surface area contributed by atoms with Crippen molar-refractivity contribution in [3.8, 4) is 0 Å². The molecule has 0 spiro atoms. The van der Waals surface area contributed by atoms with Gasteiger partial charge in [0.15, 0.2) is 0 Å². The average molecular weight is 333 g/mol. The molecule has 6 heteroatoms. The summed E-state index contributed by atoms with van der Waals surface area (Å²) >= 11 is 0. The van der Waals surface area contributed by atoms with E-state index in [2.05, 4.69) is 5.32 Å². The average Bonchev–Trinajstić information content (AvgIpc) is 2.60. The zero-order chi connectivity index (χ0) is 17.5. The molecule has 1 saturated heterocycles. The van der Waals surface area contributed by atoms with Gasteiger partial charge in [-0.15, -0.1) is 0 Å². The molecule has 3 N–H and O–H groups in total. The van der Waals surface area contributed by atoms with Crippen LogP contribution in [0.5, 0.6) is 0 Å². The van der Waals surface area contributed by atoms with Gasteiger partial charge in [0.1, 0.15) is 6.61 Å². The Balaban J connectivity index is 1.72. The molecule has 1 aliphatic rings. The number of nitrogens with two attached hydrogens (primary N) is 1. The predicted octanol–water partition coefficient (Wildman–Crippen LogP) is 1.89. The summed E-state index contributed by atoms with van der Waals surface area (Å²) in [6.45, 7) is 5.29. The lowest BCUT2D eigenvalue weighted by atomic mass is 10.0. The molecule has 2 amide bonds. The van der Waals surface area contributed by atoms with Gasteiger partial charge in [-0.2, -0.15) is 0 Å². The number of likely N-dealkylation sites (tertiary alicyclic amines) is 1. The lowest BCUT2D eigenvalue weighted by Crippen LogP contribution is -2.51. The summed E-state index contributed by atoms with van der Waals surface area (Å²) in [7, 11) is 0. The molecule has 132 valence electrons. The normalized spacial score (nSPS) is 16.8. The third-order valence-electron chi connectivity index (χ3n) is 4.33. The SMILES string of the molecule is CC(C)C(N)C(=O)NC1CCN(C(=O)OCc2ccccc2)CC1. The third-order valence-corrected chi connectivity index (χ3v) is 4.33. The standard InChI is InChI=1S/C18H27N3O3/c1-13(2)16(19)17(22)20-15-8-10-21(11-9-15)18(23)24-12-14-6-4-3-5-7-14/h3-7,13,15-16H,8-12,19H2,1-2H3,(H,20,22). The lowest BCUT2D eigenvalue weighted by molar-refractivity contribution is -0.124. The number of rotatable bonds is 5. The van der Waals surface area contributed by atoms with Gasteiger partial charge in [0, 0.05) is 19.1 Å². The maximum atomic E-state index is 12.1. The zero-order valence-electron chi connectivity index (χ0n) is 14.4. The van der Waals surface area contributed by atoms with Gasteiger partial charge in [0.25, 0.3) is 0 Å². The van der Waals surface area contributed by atoms with Crippen LogP contribution in [0.4, 0.5) is 4.79 Å². The Hall–Kier alpha value is -2.08. The van der Waals surface area contributed by atoms with E-state index in [-0.39, 0.29) is 30.6 Å². The van der Waals surface area contributed by atoms with E-state index in [0.29, 0.717) is 13.1 Å². The molecular weight excluding hydrogens is 306 g/mol. The smallest absolute Gasteiger partial charge is 0.410 e. The Labute approximate surface area is 143 Å². The fourth-order valence-electron chi connectivity index (χ4n) is 2.62. The fourth-order valence-corrected chi connectivity index (χ4v) is 2.62. The van der Waals surface area contributed by atoms with Crippen molar-refractivity contribution in [3.63, 3.8) is 0 Å². The van der Waals surface area contributed by atoms with Crippen LogP contribution in [0.25, 0.3) is 0 Å². The number of amides is 2. The maximum Gasteiger partial charge on any atom is 0.410 e. The van der Waals surface area contributed by atoms with E-state index in [1.807, 2.05) is 44.2 Å². The van der Waals surface area contributed by atoms with Gasteiger partial charge in [-0.05, 0) is 24.3 Å². The van der Waals surface area contributed by atoms with Gasteiger partial charge in [-0.3, -0.25) is 4.79 Å². The summed E-state index contributed by atoms with van der Waals surface area (Å²) in [6, 6.07) is 9.19. The summed E-state index contributed by atoms with van der Waals surface area (Å²) in [5.41, 5.74) is 6.82. The largest absolute Gasteiger partial charge is 0.445 e. The van der Waals surface area contributed by atoms with Crippen LogP contribution in [-0.4, -0.2) is 42.1 Å². The summed E-state index contributed by atoms with van der Waals surface area (Å²) in [6.07, 6.45) is 1.14. The molecule has 1 aromatic rings. The molecular formula is C18H27N3O3. The zero-order valence-corrected chi connectivity index (χ0v) is 14.4. The highest BCUT2D eigenvalue weighted by molar-refractivity contribution is 5.82. The highest BCUT2D eigenvalue weighted by atomic mass is 16.6. The van der Waals surface area contributed by atoms with E-state index < -0.39 is 6.04 Å². The Morgan fingerprint density at radius 1 is 1.25 bits per heavy atom. The molecule has 1 fully saturated rings. The third kappa shape index (κ3) is 5.23. The van der Waals surface area contributed by atoms with E-state index in [1.54, 1.807) is 4.90 Å². The molecule has 6 nitrogen and oxygen atoms in total. The topological polar surface area (TPSA) is 84.7 Å². The van der Waals surface area contributed by atoms with Gasteiger partial charge in [0.2, 0.25) is 5.91 Å². The highest BCUT2D eigenvalue weighted by Crippen LogP contribution is 2.13. The van der Waals surface area contributed by atoms with Crippen LogP contribution in [0.2, 0.25) is 0 Å². The number of piperidine rings is 1. The number of ether oxygens (including phenoxy) is 1. The van der Waals surface area contributed by atoms with E-state index in [1.165, 1.54) is 0 Å². The molecule has 1 heterocycles. The van der Waals surface area contributed by atoms with E-state index in [0.717, 1.165) is 18.4 Å². The van der Waals surface area contributed by atoms with Crippen molar-refractivity contribution in [3.05, 3.63) is 35.9 Å². The fraction of sp³-hybridized carbons (Fsp3) is 0.556. The molecule has 0 bridgehead atoms. The first kappa shape index (κ1) is 18.3. The molecule has 1 unspecified atom stereocenters. The molecule has 0 aromatic heterocycles. The minimum Gasteiger partial charge on any atom is -0.445 e. The molecule has 1 aliphatic heterocycles. The highest BCUT2D eigenvalue weighted by Gasteiger charge is 2.26. The first-order valence-corrected chi connectivity index (χ1v) is 8.49. The number of carbonyl (C=O) groups is 2. The number of benzene rings is 1. The van der Waals surface area contributed by atoms with Crippen LogP contribution >= 0.6 is 0 Å². The van der Waals surface area contributed by atoms with Crippen LogP contribution < -0.4 is 11.1 Å². The van der Waals surface area contributed by atoms with Crippen LogP contribution in [-0.2, 0) is 16.1 Å². The molecule has 1 atom stereocenters. The second kappa shape index (κ2) is 8.68. The number of carbonyl (C=O) groups excluding carboxylic acids is 2. The minimum atomic E-state index is -0.487. The van der Waals surface area contributed by atoms with Crippen molar-refractivity contribution in [1.82, 2.24) is 10.2 Å². The Morgan fingerprint density at radius 3 is 2.46 bits per heavy atom. The van der Waals surface area contributed by atoms with E-state index >= 15 is 0 Å². The molecule has 0 radical (unpaired) electrons. The summed E-state index contributed by atoms with van der Waals surface area (Å²) in [5, 5.41) is 2.97. The van der Waals surface area contributed by atoms with Crippen molar-refractivity contribution in [2.24, 2.45) is 11.7 Å².